The van der Waals surface area contributed by atoms with Gasteiger partial charge in [0.25, 0.3) is 10.0 Å². The summed E-state index contributed by atoms with van der Waals surface area (Å²) in [4.78, 5) is 0. The van der Waals surface area contributed by atoms with Gasteiger partial charge in [0.05, 0.1) is 6.20 Å². The molecule has 1 aromatic heterocycles. The second kappa shape index (κ2) is 6.13. The monoisotopic (exact) mass is 260 g/mol. The Morgan fingerprint density at radius 1 is 1.59 bits per heavy atom. The van der Waals surface area contributed by atoms with Crippen molar-refractivity contribution in [3.63, 3.8) is 0 Å². The van der Waals surface area contributed by atoms with Crippen molar-refractivity contribution in [2.45, 2.75) is 24.8 Å². The van der Waals surface area contributed by atoms with E-state index in [1.165, 1.54) is 16.9 Å². The summed E-state index contributed by atoms with van der Waals surface area (Å²) >= 11 is 0. The first-order valence-corrected chi connectivity index (χ1v) is 7.13. The van der Waals surface area contributed by atoms with Crippen molar-refractivity contribution in [2.75, 3.05) is 13.1 Å². The first kappa shape index (κ1) is 14.1. The van der Waals surface area contributed by atoms with Crippen LogP contribution in [0.5, 0.6) is 0 Å². The third-order valence-corrected chi connectivity index (χ3v) is 4.15. The van der Waals surface area contributed by atoms with Crippen LogP contribution in [0.4, 0.5) is 0 Å². The molecule has 1 unspecified atom stereocenters. The van der Waals surface area contributed by atoms with Crippen LogP contribution in [0.25, 0.3) is 0 Å². The second-order valence-corrected chi connectivity index (χ2v) is 5.89. The quantitative estimate of drug-likeness (QED) is 0.679. The molecule has 0 aliphatic heterocycles. The predicted molar refractivity (Wildman–Crippen MR) is 65.8 cm³/mol. The molecular formula is C10H20N4O2S. The molecule has 0 aliphatic rings. The average Bonchev–Trinajstić information content (AvgIpc) is 2.71. The molecule has 0 amide bonds. The number of aryl methyl sites for hydroxylation is 1. The molecule has 0 aliphatic carbocycles. The minimum Gasteiger partial charge on any atom is -0.330 e. The molecule has 0 bridgehead atoms. The largest absolute Gasteiger partial charge is 0.330 e. The minimum absolute atomic E-state index is 0.185. The van der Waals surface area contributed by atoms with Gasteiger partial charge in [0.2, 0.25) is 0 Å². The SMILES string of the molecule is CC(CN)CCCNS(=O)(=O)c1ccnn1C. The van der Waals surface area contributed by atoms with E-state index in [2.05, 4.69) is 16.7 Å². The Balaban J connectivity index is 2.44. The molecule has 1 aromatic rings. The Hall–Kier alpha value is -0.920. The van der Waals surface area contributed by atoms with E-state index >= 15 is 0 Å². The molecule has 0 spiro atoms. The van der Waals surface area contributed by atoms with E-state index in [4.69, 9.17) is 5.73 Å². The summed E-state index contributed by atoms with van der Waals surface area (Å²) < 4.78 is 27.6. The van der Waals surface area contributed by atoms with E-state index in [1.807, 2.05) is 0 Å². The van der Waals surface area contributed by atoms with Gasteiger partial charge in [-0.2, -0.15) is 5.10 Å². The van der Waals surface area contributed by atoms with Crippen molar-refractivity contribution in [3.8, 4) is 0 Å². The van der Waals surface area contributed by atoms with Crippen molar-refractivity contribution < 1.29 is 8.42 Å². The molecule has 0 aromatic carbocycles. The molecule has 1 atom stereocenters. The maximum Gasteiger partial charge on any atom is 0.257 e. The predicted octanol–water partition coefficient (Wildman–Crippen LogP) is 0.0734. The van der Waals surface area contributed by atoms with Gasteiger partial charge in [0, 0.05) is 13.6 Å². The number of hydrogen-bond acceptors (Lipinski definition) is 4. The normalized spacial score (nSPS) is 13.8. The van der Waals surface area contributed by atoms with E-state index in [0.717, 1.165) is 12.8 Å². The number of nitrogens with two attached hydrogens (primary N) is 1. The van der Waals surface area contributed by atoms with Gasteiger partial charge >= 0.3 is 0 Å². The van der Waals surface area contributed by atoms with Crippen molar-refractivity contribution in [2.24, 2.45) is 18.7 Å². The maximum absolute atomic E-state index is 11.8. The highest BCUT2D eigenvalue weighted by Crippen LogP contribution is 2.07. The second-order valence-electron chi connectivity index (χ2n) is 4.17. The maximum atomic E-state index is 11.8. The van der Waals surface area contributed by atoms with Crippen LogP contribution >= 0.6 is 0 Å². The highest BCUT2D eigenvalue weighted by Gasteiger charge is 2.16. The zero-order valence-electron chi connectivity index (χ0n) is 10.3. The zero-order chi connectivity index (χ0) is 12.9. The number of hydrogen-bond donors (Lipinski definition) is 2. The van der Waals surface area contributed by atoms with E-state index in [9.17, 15) is 8.42 Å². The number of aromatic nitrogens is 2. The van der Waals surface area contributed by atoms with Crippen LogP contribution in [-0.4, -0.2) is 31.3 Å². The third-order valence-electron chi connectivity index (χ3n) is 2.62. The van der Waals surface area contributed by atoms with Crippen LogP contribution in [0.1, 0.15) is 19.8 Å². The van der Waals surface area contributed by atoms with Crippen LogP contribution in [0, 0.1) is 5.92 Å². The third kappa shape index (κ3) is 4.10. The van der Waals surface area contributed by atoms with Crippen molar-refractivity contribution in [3.05, 3.63) is 12.3 Å². The Morgan fingerprint density at radius 2 is 2.29 bits per heavy atom. The molecular weight excluding hydrogens is 240 g/mol. The summed E-state index contributed by atoms with van der Waals surface area (Å²) in [7, 11) is -1.83. The van der Waals surface area contributed by atoms with Gasteiger partial charge in [-0.1, -0.05) is 6.92 Å². The molecule has 0 saturated heterocycles. The molecule has 98 valence electrons. The summed E-state index contributed by atoms with van der Waals surface area (Å²) in [5, 5.41) is 4.02. The lowest BCUT2D eigenvalue weighted by Gasteiger charge is -2.09. The summed E-state index contributed by atoms with van der Waals surface area (Å²) in [5.74, 6) is 0.427. The molecule has 17 heavy (non-hydrogen) atoms. The minimum atomic E-state index is -3.43. The van der Waals surface area contributed by atoms with E-state index in [0.29, 0.717) is 19.0 Å². The van der Waals surface area contributed by atoms with Gasteiger partial charge in [-0.25, -0.2) is 13.1 Å². The molecule has 7 heteroatoms. The summed E-state index contributed by atoms with van der Waals surface area (Å²) in [5.41, 5.74) is 5.49. The summed E-state index contributed by atoms with van der Waals surface area (Å²) in [6, 6.07) is 1.48. The Labute approximate surface area is 102 Å². The standard InChI is InChI=1S/C10H20N4O2S/c1-9(8-11)4-3-6-13-17(15,16)10-5-7-12-14(10)2/h5,7,9,13H,3-4,6,8,11H2,1-2H3. The highest BCUT2D eigenvalue weighted by molar-refractivity contribution is 7.89. The molecule has 0 saturated carbocycles. The Bertz CT molecular complexity index is 441. The fourth-order valence-corrected chi connectivity index (χ4v) is 2.67. The number of sulfonamides is 1. The number of nitrogens with zero attached hydrogens (tertiary/aromatic N) is 2. The molecule has 3 N–H and O–H groups in total. The lowest BCUT2D eigenvalue weighted by Crippen LogP contribution is -2.27. The topological polar surface area (TPSA) is 90.0 Å². The van der Waals surface area contributed by atoms with E-state index in [-0.39, 0.29) is 5.03 Å². The van der Waals surface area contributed by atoms with Crippen molar-refractivity contribution in [1.82, 2.24) is 14.5 Å². The average molecular weight is 260 g/mol. The van der Waals surface area contributed by atoms with Gasteiger partial charge in [-0.3, -0.25) is 4.68 Å². The highest BCUT2D eigenvalue weighted by atomic mass is 32.2. The fraction of sp³-hybridized carbons (Fsp3) is 0.700. The van der Waals surface area contributed by atoms with Crippen LogP contribution in [0.3, 0.4) is 0 Å². The lowest BCUT2D eigenvalue weighted by molar-refractivity contribution is 0.511. The molecule has 1 rings (SSSR count). The van der Waals surface area contributed by atoms with Crippen molar-refractivity contribution >= 4 is 10.0 Å². The van der Waals surface area contributed by atoms with Gasteiger partial charge in [0.15, 0.2) is 5.03 Å². The van der Waals surface area contributed by atoms with Crippen LogP contribution in [0.15, 0.2) is 17.3 Å². The lowest BCUT2D eigenvalue weighted by atomic mass is 10.1. The number of rotatable bonds is 7. The fourth-order valence-electron chi connectivity index (χ4n) is 1.47. The van der Waals surface area contributed by atoms with E-state index in [1.54, 1.807) is 7.05 Å². The van der Waals surface area contributed by atoms with Gasteiger partial charge < -0.3 is 5.73 Å². The zero-order valence-corrected chi connectivity index (χ0v) is 11.1. The van der Waals surface area contributed by atoms with Crippen LogP contribution in [-0.2, 0) is 17.1 Å². The smallest absolute Gasteiger partial charge is 0.257 e. The van der Waals surface area contributed by atoms with Crippen LogP contribution in [0.2, 0.25) is 0 Å². The Morgan fingerprint density at radius 3 is 2.82 bits per heavy atom. The molecule has 6 nitrogen and oxygen atoms in total. The Kier molecular flexibility index (Phi) is 5.10. The molecule has 0 fully saturated rings. The van der Waals surface area contributed by atoms with E-state index < -0.39 is 10.0 Å². The van der Waals surface area contributed by atoms with Crippen LogP contribution < -0.4 is 10.5 Å². The van der Waals surface area contributed by atoms with Gasteiger partial charge in [-0.05, 0) is 31.4 Å². The summed E-state index contributed by atoms with van der Waals surface area (Å²) in [6.45, 7) is 3.11. The van der Waals surface area contributed by atoms with Gasteiger partial charge in [0.1, 0.15) is 0 Å². The van der Waals surface area contributed by atoms with Gasteiger partial charge in [-0.15, -0.1) is 0 Å². The summed E-state index contributed by atoms with van der Waals surface area (Å²) in [6.07, 6.45) is 3.17. The van der Waals surface area contributed by atoms with Crippen molar-refractivity contribution in [1.29, 1.82) is 0 Å². The first-order chi connectivity index (χ1) is 7.97. The first-order valence-electron chi connectivity index (χ1n) is 5.65. The molecule has 0 radical (unpaired) electrons. The molecule has 1 heterocycles. The number of nitrogens with one attached hydrogen (secondary N) is 1.